The van der Waals surface area contributed by atoms with Crippen LogP contribution < -0.4 is 10.1 Å². The monoisotopic (exact) mass is 275 g/mol. The number of benzene rings is 1. The van der Waals surface area contributed by atoms with Crippen molar-refractivity contribution in [3.8, 4) is 5.75 Å². The van der Waals surface area contributed by atoms with Crippen molar-refractivity contribution in [3.05, 3.63) is 40.6 Å². The van der Waals surface area contributed by atoms with Crippen LogP contribution in [-0.2, 0) is 19.6 Å². The highest BCUT2D eigenvalue weighted by Gasteiger charge is 2.09. The second-order valence-electron chi connectivity index (χ2n) is 4.82. The first-order valence-electron chi connectivity index (χ1n) is 6.82. The molecule has 20 heavy (non-hydrogen) atoms. The van der Waals surface area contributed by atoms with Crippen LogP contribution in [0.1, 0.15) is 35.4 Å². The van der Waals surface area contributed by atoms with Gasteiger partial charge >= 0.3 is 0 Å². The molecule has 2 aromatic rings. The Morgan fingerprint density at radius 1 is 1.15 bits per heavy atom. The molecule has 0 aliphatic carbocycles. The molecule has 0 atom stereocenters. The van der Waals surface area contributed by atoms with Crippen LogP contribution in [0.3, 0.4) is 0 Å². The molecular weight excluding hydrogens is 254 g/mol. The first kappa shape index (κ1) is 14.5. The standard InChI is InChI=1S/C15H21N3O2/c1-5-13-17-18-14(20-13)9-19-15-10(2)6-12(8-16-4)7-11(15)3/h6-7,16H,5,8-9H2,1-4H3. The van der Waals surface area contributed by atoms with Gasteiger partial charge in [0.25, 0.3) is 5.89 Å². The molecule has 1 aromatic carbocycles. The normalized spacial score (nSPS) is 10.8. The highest BCUT2D eigenvalue weighted by atomic mass is 16.5. The summed E-state index contributed by atoms with van der Waals surface area (Å²) in [6, 6.07) is 4.26. The van der Waals surface area contributed by atoms with Crippen LogP contribution in [0.25, 0.3) is 0 Å². The second-order valence-corrected chi connectivity index (χ2v) is 4.82. The van der Waals surface area contributed by atoms with E-state index in [0.717, 1.165) is 29.8 Å². The third-order valence-electron chi connectivity index (χ3n) is 3.05. The van der Waals surface area contributed by atoms with Crippen molar-refractivity contribution in [2.45, 2.75) is 40.3 Å². The first-order chi connectivity index (χ1) is 9.63. The SMILES string of the molecule is CCc1nnc(COc2c(C)cc(CNC)cc2C)o1. The highest BCUT2D eigenvalue weighted by molar-refractivity contribution is 5.43. The molecule has 5 nitrogen and oxygen atoms in total. The van der Waals surface area contributed by atoms with E-state index < -0.39 is 0 Å². The van der Waals surface area contributed by atoms with E-state index >= 15 is 0 Å². The first-order valence-corrected chi connectivity index (χ1v) is 6.82. The number of hydrogen-bond donors (Lipinski definition) is 1. The van der Waals surface area contributed by atoms with Gasteiger partial charge in [-0.15, -0.1) is 10.2 Å². The predicted molar refractivity (Wildman–Crippen MR) is 76.7 cm³/mol. The van der Waals surface area contributed by atoms with E-state index in [4.69, 9.17) is 9.15 Å². The summed E-state index contributed by atoms with van der Waals surface area (Å²) in [7, 11) is 1.94. The zero-order valence-corrected chi connectivity index (χ0v) is 12.5. The van der Waals surface area contributed by atoms with Gasteiger partial charge in [-0.25, -0.2) is 0 Å². The van der Waals surface area contributed by atoms with E-state index in [-0.39, 0.29) is 0 Å². The minimum absolute atomic E-state index is 0.306. The van der Waals surface area contributed by atoms with Crippen molar-refractivity contribution in [2.24, 2.45) is 0 Å². The van der Waals surface area contributed by atoms with Gasteiger partial charge in [-0.1, -0.05) is 19.1 Å². The fraction of sp³-hybridized carbons (Fsp3) is 0.467. The van der Waals surface area contributed by atoms with Crippen LogP contribution in [0.4, 0.5) is 0 Å². The molecule has 0 bridgehead atoms. The number of rotatable bonds is 6. The summed E-state index contributed by atoms with van der Waals surface area (Å²) in [6.45, 7) is 7.23. The molecule has 2 rings (SSSR count). The average Bonchev–Trinajstić information content (AvgIpc) is 2.86. The lowest BCUT2D eigenvalue weighted by molar-refractivity contribution is 0.256. The number of nitrogens with one attached hydrogen (secondary N) is 1. The molecule has 0 spiro atoms. The summed E-state index contributed by atoms with van der Waals surface area (Å²) < 4.78 is 11.3. The van der Waals surface area contributed by atoms with Gasteiger partial charge in [0.1, 0.15) is 5.75 Å². The Bertz CT molecular complexity index is 555. The van der Waals surface area contributed by atoms with Crippen LogP contribution in [0.2, 0.25) is 0 Å². The highest BCUT2D eigenvalue weighted by Crippen LogP contribution is 2.25. The summed E-state index contributed by atoms with van der Waals surface area (Å²) >= 11 is 0. The van der Waals surface area contributed by atoms with Crippen LogP contribution in [0.15, 0.2) is 16.5 Å². The summed E-state index contributed by atoms with van der Waals surface area (Å²) in [5.41, 5.74) is 3.48. The fourth-order valence-electron chi connectivity index (χ4n) is 2.20. The maximum Gasteiger partial charge on any atom is 0.253 e. The Morgan fingerprint density at radius 3 is 2.35 bits per heavy atom. The molecule has 0 saturated heterocycles. The smallest absolute Gasteiger partial charge is 0.253 e. The summed E-state index contributed by atoms with van der Waals surface area (Å²) in [4.78, 5) is 0. The Kier molecular flexibility index (Phi) is 4.74. The van der Waals surface area contributed by atoms with Gasteiger partial charge in [0.2, 0.25) is 5.89 Å². The number of nitrogens with zero attached hydrogens (tertiary/aromatic N) is 2. The Morgan fingerprint density at radius 2 is 1.80 bits per heavy atom. The molecule has 0 aliphatic heterocycles. The van der Waals surface area contributed by atoms with Crippen molar-refractivity contribution < 1.29 is 9.15 Å². The lowest BCUT2D eigenvalue weighted by atomic mass is 10.1. The molecule has 0 aliphatic rings. The maximum atomic E-state index is 5.83. The Labute approximate surface area is 119 Å². The van der Waals surface area contributed by atoms with E-state index in [0.29, 0.717) is 18.4 Å². The lowest BCUT2D eigenvalue weighted by Crippen LogP contribution is -2.06. The molecule has 0 fully saturated rings. The summed E-state index contributed by atoms with van der Waals surface area (Å²) in [5, 5.41) is 11.0. The van der Waals surface area contributed by atoms with Gasteiger partial charge in [-0.05, 0) is 37.6 Å². The zero-order chi connectivity index (χ0) is 14.5. The molecule has 0 amide bonds. The van der Waals surface area contributed by atoms with E-state index in [1.54, 1.807) is 0 Å². The largest absolute Gasteiger partial charge is 0.483 e. The van der Waals surface area contributed by atoms with Gasteiger partial charge in [-0.2, -0.15) is 0 Å². The minimum Gasteiger partial charge on any atom is -0.483 e. The molecular formula is C15H21N3O2. The van der Waals surface area contributed by atoms with Crippen LogP contribution in [0, 0.1) is 13.8 Å². The van der Waals surface area contributed by atoms with E-state index in [9.17, 15) is 0 Å². The molecule has 0 radical (unpaired) electrons. The van der Waals surface area contributed by atoms with Crippen LogP contribution >= 0.6 is 0 Å². The van der Waals surface area contributed by atoms with Crippen LogP contribution in [0.5, 0.6) is 5.75 Å². The van der Waals surface area contributed by atoms with Crippen molar-refractivity contribution in [3.63, 3.8) is 0 Å². The van der Waals surface area contributed by atoms with Crippen molar-refractivity contribution in [1.29, 1.82) is 0 Å². The van der Waals surface area contributed by atoms with Crippen LogP contribution in [-0.4, -0.2) is 17.2 Å². The third kappa shape index (κ3) is 3.36. The van der Waals surface area contributed by atoms with Crippen molar-refractivity contribution >= 4 is 0 Å². The topological polar surface area (TPSA) is 60.2 Å². The van der Waals surface area contributed by atoms with Gasteiger partial charge in [0.15, 0.2) is 6.61 Å². The summed E-state index contributed by atoms with van der Waals surface area (Å²) in [5.74, 6) is 2.04. The molecule has 108 valence electrons. The number of aromatic nitrogens is 2. The molecule has 1 aromatic heterocycles. The average molecular weight is 275 g/mol. The van der Waals surface area contributed by atoms with E-state index in [1.807, 2.05) is 27.8 Å². The van der Waals surface area contributed by atoms with E-state index in [1.165, 1.54) is 5.56 Å². The zero-order valence-electron chi connectivity index (χ0n) is 12.5. The van der Waals surface area contributed by atoms with Crippen molar-refractivity contribution in [2.75, 3.05) is 7.05 Å². The number of hydrogen-bond acceptors (Lipinski definition) is 5. The fourth-order valence-corrected chi connectivity index (χ4v) is 2.20. The number of ether oxygens (including phenoxy) is 1. The molecule has 1 heterocycles. The van der Waals surface area contributed by atoms with Gasteiger partial charge in [0.05, 0.1) is 0 Å². The van der Waals surface area contributed by atoms with Crippen molar-refractivity contribution in [1.82, 2.24) is 15.5 Å². The molecule has 5 heteroatoms. The quantitative estimate of drug-likeness (QED) is 0.878. The predicted octanol–water partition coefficient (Wildman–Crippen LogP) is 2.55. The van der Waals surface area contributed by atoms with Gasteiger partial charge in [0, 0.05) is 13.0 Å². The maximum absolute atomic E-state index is 5.83. The Balaban J connectivity index is 2.09. The lowest BCUT2D eigenvalue weighted by Gasteiger charge is -2.13. The number of aryl methyl sites for hydroxylation is 3. The molecule has 0 saturated carbocycles. The van der Waals surface area contributed by atoms with Gasteiger partial charge < -0.3 is 14.5 Å². The molecule has 1 N–H and O–H groups in total. The van der Waals surface area contributed by atoms with E-state index in [2.05, 4.69) is 27.6 Å². The summed E-state index contributed by atoms with van der Waals surface area (Å²) in [6.07, 6.45) is 0.740. The minimum atomic E-state index is 0.306. The molecule has 0 unspecified atom stereocenters. The second kappa shape index (κ2) is 6.52. The third-order valence-corrected chi connectivity index (χ3v) is 3.05. The Hall–Kier alpha value is -1.88. The van der Waals surface area contributed by atoms with Gasteiger partial charge in [-0.3, -0.25) is 0 Å².